The van der Waals surface area contributed by atoms with Gasteiger partial charge in [-0.25, -0.2) is 33.8 Å². The molecule has 0 atom stereocenters. The molecule has 10 aromatic rings. The van der Waals surface area contributed by atoms with E-state index in [9.17, 15) is 9.59 Å². The quantitative estimate of drug-likeness (QED) is 0.0610. The number of benzene rings is 2. The van der Waals surface area contributed by atoms with E-state index in [4.69, 9.17) is 24.7 Å². The van der Waals surface area contributed by atoms with E-state index in [0.717, 1.165) is 68.0 Å². The number of fused-ring (bicyclic) bond motifs is 2. The smallest absolute Gasteiger partial charge is 0.337 e. The highest BCUT2D eigenvalue weighted by Crippen LogP contribution is 2.32. The van der Waals surface area contributed by atoms with Gasteiger partial charge in [0.2, 0.25) is 0 Å². The van der Waals surface area contributed by atoms with E-state index in [2.05, 4.69) is 40.8 Å². The molecule has 2 aromatic carbocycles. The van der Waals surface area contributed by atoms with Gasteiger partial charge in [0.25, 0.3) is 0 Å². The molecule has 0 aliphatic rings. The molecule has 0 aliphatic carbocycles. The number of rotatable bonds is 14. The number of carbonyl (C=O) groups is 2. The van der Waals surface area contributed by atoms with Gasteiger partial charge in [-0.3, -0.25) is 14.8 Å². The first-order valence-electron chi connectivity index (χ1n) is 20.7. The molecule has 320 valence electrons. The van der Waals surface area contributed by atoms with E-state index >= 15 is 0 Å². The Hall–Kier alpha value is -8.86. The number of pyridine rings is 4. The van der Waals surface area contributed by atoms with Crippen molar-refractivity contribution in [1.82, 2.24) is 59.1 Å². The number of aromatic nitrogens is 12. The number of methoxy groups -OCH3 is 1. The molecule has 8 heterocycles. The number of aromatic amines is 2. The van der Waals surface area contributed by atoms with Crippen LogP contribution < -0.4 is 10.6 Å². The van der Waals surface area contributed by atoms with Crippen molar-refractivity contribution >= 4 is 34.4 Å². The maximum atomic E-state index is 13.5. The van der Waals surface area contributed by atoms with Gasteiger partial charge in [0.1, 0.15) is 18.0 Å². The van der Waals surface area contributed by atoms with Crippen LogP contribution in [0.25, 0.3) is 56.6 Å². The summed E-state index contributed by atoms with van der Waals surface area (Å²) < 4.78 is 8.26. The lowest BCUT2D eigenvalue weighted by Gasteiger charge is -2.06. The van der Waals surface area contributed by atoms with Gasteiger partial charge in [0, 0.05) is 51.8 Å². The minimum Gasteiger partial charge on any atom is -0.465 e. The molecule has 0 aliphatic heterocycles. The number of Topliss-reactive ketones (excluding diaryl/α,β-unsaturated/α-hetero) is 1. The van der Waals surface area contributed by atoms with Gasteiger partial charge >= 0.3 is 5.97 Å². The normalized spacial score (nSPS) is 11.3. The summed E-state index contributed by atoms with van der Waals surface area (Å²) in [4.78, 5) is 60.9. The number of carbonyl (C=O) groups excluding carboxylic acids is 2. The average molecular weight is 861 g/mol. The number of esters is 1. The van der Waals surface area contributed by atoms with Crippen molar-refractivity contribution in [2.24, 2.45) is 0 Å². The van der Waals surface area contributed by atoms with Crippen LogP contribution in [0.3, 0.4) is 0 Å². The fourth-order valence-electron chi connectivity index (χ4n) is 7.53. The zero-order chi connectivity index (χ0) is 44.4. The highest BCUT2D eigenvalue weighted by molar-refractivity contribution is 5.97. The minimum atomic E-state index is -0.413. The van der Waals surface area contributed by atoms with Gasteiger partial charge in [-0.1, -0.05) is 18.2 Å². The molecule has 0 spiro atoms. The van der Waals surface area contributed by atoms with Crippen LogP contribution in [0.15, 0.2) is 128 Å². The fraction of sp³-hybridized carbons (Fsp3) is 0.125. The number of aryl methyl sites for hydroxylation is 2. The maximum Gasteiger partial charge on any atom is 0.337 e. The molecule has 0 saturated carbocycles. The third-order valence-electron chi connectivity index (χ3n) is 10.7. The Morgan fingerprint density at radius 1 is 0.631 bits per heavy atom. The van der Waals surface area contributed by atoms with E-state index in [1.807, 2.05) is 105 Å². The summed E-state index contributed by atoms with van der Waals surface area (Å²) in [6, 6.07) is 33.8. The Morgan fingerprint density at radius 2 is 1.25 bits per heavy atom. The second-order valence-corrected chi connectivity index (χ2v) is 15.3. The molecular formula is C48H40N14O3. The van der Waals surface area contributed by atoms with Crippen molar-refractivity contribution in [3.8, 4) is 45.3 Å². The highest BCUT2D eigenvalue weighted by Gasteiger charge is 2.20. The predicted octanol–water partition coefficient (Wildman–Crippen LogP) is 7.73. The minimum absolute atomic E-state index is 0.0168. The first-order chi connectivity index (χ1) is 31.7. The van der Waals surface area contributed by atoms with Crippen molar-refractivity contribution in [3.63, 3.8) is 0 Å². The molecule has 17 heteroatoms. The third-order valence-corrected chi connectivity index (χ3v) is 10.7. The molecule has 0 bridgehead atoms. The Morgan fingerprint density at radius 3 is 1.89 bits per heavy atom. The van der Waals surface area contributed by atoms with Gasteiger partial charge in [0.05, 0.1) is 66.3 Å². The van der Waals surface area contributed by atoms with Crippen molar-refractivity contribution in [2.75, 3.05) is 17.7 Å². The largest absolute Gasteiger partial charge is 0.465 e. The van der Waals surface area contributed by atoms with E-state index < -0.39 is 5.97 Å². The van der Waals surface area contributed by atoms with Crippen LogP contribution in [-0.4, -0.2) is 78.0 Å². The lowest BCUT2D eigenvalue weighted by Crippen LogP contribution is -2.06. The first kappa shape index (κ1) is 40.2. The van der Waals surface area contributed by atoms with Gasteiger partial charge in [-0.2, -0.15) is 10.2 Å². The van der Waals surface area contributed by atoms with E-state index in [1.165, 1.54) is 13.4 Å². The number of hydrogen-bond donors (Lipinski definition) is 4. The lowest BCUT2D eigenvalue weighted by molar-refractivity contribution is 0.0600. The van der Waals surface area contributed by atoms with Gasteiger partial charge in [-0.05, 0) is 105 Å². The zero-order valence-electron chi connectivity index (χ0n) is 35.4. The molecular weight excluding hydrogens is 821 g/mol. The molecule has 10 rings (SSSR count). The second kappa shape index (κ2) is 17.1. The number of imidazole rings is 2. The summed E-state index contributed by atoms with van der Waals surface area (Å²) in [7, 11) is 1.35. The second-order valence-electron chi connectivity index (χ2n) is 15.3. The summed E-state index contributed by atoms with van der Waals surface area (Å²) >= 11 is 0. The van der Waals surface area contributed by atoms with Crippen molar-refractivity contribution < 1.29 is 14.3 Å². The molecule has 4 N–H and O–H groups in total. The van der Waals surface area contributed by atoms with Crippen molar-refractivity contribution in [1.29, 1.82) is 0 Å². The number of nitrogens with one attached hydrogen (secondary N) is 4. The van der Waals surface area contributed by atoms with Crippen LogP contribution in [0.5, 0.6) is 0 Å². The summed E-state index contributed by atoms with van der Waals surface area (Å²) in [5.74, 6) is 1.24. The standard InChI is InChI=1S/C48H40N14O3/c1-28-7-4-11-36(53-28)46-44(32-15-19-42-51-27-52-61(42)25-32)56-40(58-46)23-49-34-17-13-30(14-18-34)38(63)22-39-55-43-20-16-33(26-62(43)60-39)45-47(37-12-5-8-29(2)54-37)59-41(57-45)24-50-35-10-6-9-31(21-35)48(64)65-3/h4-21,25-27,49-50H,22-24H2,1-3H3,(H,56,58)(H,57,59). The van der Waals surface area contributed by atoms with Crippen molar-refractivity contribution in [2.45, 2.75) is 33.4 Å². The SMILES string of the molecule is COC(=O)c1cccc(NCc2nc(-c3ccc4nc(CC(=O)c5ccc(NCc6nc(-c7ccc8ncnn8c7)c(-c7cccc(C)n7)[nH]6)cc5)nn4c3)c(-c3cccc(C)n3)[nH]2)c1. The number of hydrogen-bond acceptors (Lipinski definition) is 13. The maximum absolute atomic E-state index is 13.5. The lowest BCUT2D eigenvalue weighted by atomic mass is 10.1. The number of H-pyrrole nitrogens is 2. The number of anilines is 2. The van der Waals surface area contributed by atoms with Gasteiger partial charge in [-0.15, -0.1) is 0 Å². The Bertz CT molecular complexity index is 3380. The Kier molecular flexibility index (Phi) is 10.6. The molecule has 17 nitrogen and oxygen atoms in total. The van der Waals surface area contributed by atoms with Crippen molar-refractivity contribution in [3.05, 3.63) is 168 Å². The Labute approximate surface area is 371 Å². The summed E-state index contributed by atoms with van der Waals surface area (Å²) in [6.45, 7) is 4.64. The number of ether oxygens (including phenoxy) is 1. The van der Waals surface area contributed by atoms with Crippen LogP contribution in [0.1, 0.15) is 49.6 Å². The third kappa shape index (κ3) is 8.53. The monoisotopic (exact) mass is 860 g/mol. The molecule has 8 aromatic heterocycles. The van der Waals surface area contributed by atoms with Crippen LogP contribution >= 0.6 is 0 Å². The molecule has 0 saturated heterocycles. The fourth-order valence-corrected chi connectivity index (χ4v) is 7.53. The predicted molar refractivity (Wildman–Crippen MR) is 244 cm³/mol. The summed E-state index contributed by atoms with van der Waals surface area (Å²) in [5.41, 5.74) is 11.8. The van der Waals surface area contributed by atoms with E-state index in [1.54, 1.807) is 39.4 Å². The number of ketones is 1. The summed E-state index contributed by atoms with van der Waals surface area (Å²) in [6.07, 6.45) is 5.29. The molecule has 0 fully saturated rings. The Balaban J connectivity index is 0.834. The molecule has 0 amide bonds. The van der Waals surface area contributed by atoms with Gasteiger partial charge < -0.3 is 25.3 Å². The topological polar surface area (TPSA) is 211 Å². The van der Waals surface area contributed by atoms with Crippen LogP contribution in [0.2, 0.25) is 0 Å². The van der Waals surface area contributed by atoms with Crippen LogP contribution in [0.4, 0.5) is 11.4 Å². The summed E-state index contributed by atoms with van der Waals surface area (Å²) in [5, 5.41) is 15.7. The van der Waals surface area contributed by atoms with Crippen LogP contribution in [0, 0.1) is 13.8 Å². The first-order valence-corrected chi connectivity index (χ1v) is 20.7. The van der Waals surface area contributed by atoms with E-state index in [-0.39, 0.29) is 12.2 Å². The average Bonchev–Trinajstić information content (AvgIpc) is 4.15. The molecule has 0 unspecified atom stereocenters. The zero-order valence-corrected chi connectivity index (χ0v) is 35.4. The molecule has 0 radical (unpaired) electrons. The molecule has 65 heavy (non-hydrogen) atoms. The van der Waals surface area contributed by atoms with E-state index in [0.29, 0.717) is 53.0 Å². The van der Waals surface area contributed by atoms with Gasteiger partial charge in [0.15, 0.2) is 22.9 Å². The number of nitrogens with zero attached hydrogens (tertiary/aromatic N) is 10. The highest BCUT2D eigenvalue weighted by atomic mass is 16.5. The van der Waals surface area contributed by atoms with Crippen LogP contribution in [-0.2, 0) is 24.2 Å².